The van der Waals surface area contributed by atoms with Gasteiger partial charge in [0.1, 0.15) is 0 Å². The molecule has 92 valence electrons. The first kappa shape index (κ1) is 15.0. The summed E-state index contributed by atoms with van der Waals surface area (Å²) in [7, 11) is 0. The lowest BCUT2D eigenvalue weighted by atomic mass is 10.1. The highest BCUT2D eigenvalue weighted by Crippen LogP contribution is 2.06. The van der Waals surface area contributed by atoms with E-state index in [9.17, 15) is 0 Å². The van der Waals surface area contributed by atoms with Crippen molar-refractivity contribution in [1.82, 2.24) is 4.90 Å². The van der Waals surface area contributed by atoms with E-state index in [1.54, 1.807) is 0 Å². The Labute approximate surface area is 97.2 Å². The smallest absolute Gasteiger partial charge is 0.00163 e. The molecule has 0 unspecified atom stereocenters. The summed E-state index contributed by atoms with van der Waals surface area (Å²) >= 11 is 0. The van der Waals surface area contributed by atoms with Crippen molar-refractivity contribution in [2.24, 2.45) is 5.92 Å². The molecule has 0 aromatic heterocycles. The molecule has 15 heavy (non-hydrogen) atoms. The van der Waals surface area contributed by atoms with Crippen LogP contribution in [-0.4, -0.2) is 24.5 Å². The van der Waals surface area contributed by atoms with Crippen molar-refractivity contribution in [3.63, 3.8) is 0 Å². The summed E-state index contributed by atoms with van der Waals surface area (Å²) in [5.74, 6) is 0.848. The fourth-order valence-electron chi connectivity index (χ4n) is 1.74. The SMILES string of the molecule is CCCCCN(CCCC)CCC(C)C. The Morgan fingerprint density at radius 1 is 0.800 bits per heavy atom. The van der Waals surface area contributed by atoms with Crippen LogP contribution in [0.3, 0.4) is 0 Å². The van der Waals surface area contributed by atoms with Crippen LogP contribution in [0.2, 0.25) is 0 Å². The number of hydrogen-bond donors (Lipinski definition) is 0. The molecule has 0 radical (unpaired) electrons. The Bertz CT molecular complexity index is 121. The van der Waals surface area contributed by atoms with Gasteiger partial charge < -0.3 is 4.90 Å². The molecular weight excluding hydrogens is 182 g/mol. The van der Waals surface area contributed by atoms with Crippen molar-refractivity contribution in [2.75, 3.05) is 19.6 Å². The van der Waals surface area contributed by atoms with Gasteiger partial charge in [-0.25, -0.2) is 0 Å². The summed E-state index contributed by atoms with van der Waals surface area (Å²) in [5, 5.41) is 0. The summed E-state index contributed by atoms with van der Waals surface area (Å²) in [6, 6.07) is 0. The molecule has 1 heteroatoms. The molecule has 0 amide bonds. The first-order chi connectivity index (χ1) is 7.20. The van der Waals surface area contributed by atoms with Crippen LogP contribution < -0.4 is 0 Å². The second kappa shape index (κ2) is 10.5. The van der Waals surface area contributed by atoms with Crippen LogP contribution in [0.15, 0.2) is 0 Å². The highest BCUT2D eigenvalue weighted by molar-refractivity contribution is 4.59. The average Bonchev–Trinajstić information content (AvgIpc) is 2.21. The average molecular weight is 213 g/mol. The molecule has 0 rings (SSSR count). The molecule has 0 atom stereocenters. The number of unbranched alkanes of at least 4 members (excludes halogenated alkanes) is 3. The van der Waals surface area contributed by atoms with Crippen LogP contribution in [0.1, 0.15) is 66.2 Å². The van der Waals surface area contributed by atoms with E-state index in [0.717, 1.165) is 5.92 Å². The van der Waals surface area contributed by atoms with Crippen molar-refractivity contribution in [1.29, 1.82) is 0 Å². The summed E-state index contributed by atoms with van der Waals surface area (Å²) in [6.07, 6.45) is 8.17. The third-order valence-electron chi connectivity index (χ3n) is 2.93. The quantitative estimate of drug-likeness (QED) is 0.488. The third kappa shape index (κ3) is 10.2. The van der Waals surface area contributed by atoms with Gasteiger partial charge in [-0.1, -0.05) is 47.0 Å². The Morgan fingerprint density at radius 3 is 1.93 bits per heavy atom. The lowest BCUT2D eigenvalue weighted by Gasteiger charge is -2.22. The first-order valence-electron chi connectivity index (χ1n) is 6.93. The molecule has 0 aliphatic heterocycles. The minimum Gasteiger partial charge on any atom is -0.303 e. The van der Waals surface area contributed by atoms with Crippen molar-refractivity contribution >= 4 is 0 Å². The van der Waals surface area contributed by atoms with Gasteiger partial charge >= 0.3 is 0 Å². The van der Waals surface area contributed by atoms with Gasteiger partial charge in [0.25, 0.3) is 0 Å². The van der Waals surface area contributed by atoms with Crippen molar-refractivity contribution in [2.45, 2.75) is 66.2 Å². The van der Waals surface area contributed by atoms with E-state index in [2.05, 4.69) is 32.6 Å². The fraction of sp³-hybridized carbons (Fsp3) is 1.00. The standard InChI is InChI=1S/C14H31N/c1-5-7-9-12-15(11-8-6-2)13-10-14(3)4/h14H,5-13H2,1-4H3. The Balaban J connectivity index is 3.63. The second-order valence-electron chi connectivity index (χ2n) is 5.08. The molecule has 0 heterocycles. The van der Waals surface area contributed by atoms with E-state index in [1.807, 2.05) is 0 Å². The van der Waals surface area contributed by atoms with Crippen LogP contribution in [0, 0.1) is 5.92 Å². The number of rotatable bonds is 10. The largest absolute Gasteiger partial charge is 0.303 e. The van der Waals surface area contributed by atoms with E-state index in [0.29, 0.717) is 0 Å². The highest BCUT2D eigenvalue weighted by Gasteiger charge is 2.04. The van der Waals surface area contributed by atoms with Crippen molar-refractivity contribution in [3.05, 3.63) is 0 Å². The molecule has 0 spiro atoms. The molecule has 0 aliphatic rings. The normalized spacial score (nSPS) is 11.6. The molecular formula is C14H31N. The molecule has 1 nitrogen and oxygen atoms in total. The molecule has 0 fully saturated rings. The lowest BCUT2D eigenvalue weighted by Crippen LogP contribution is -2.28. The Morgan fingerprint density at radius 2 is 1.40 bits per heavy atom. The minimum atomic E-state index is 0.848. The fourth-order valence-corrected chi connectivity index (χ4v) is 1.74. The van der Waals surface area contributed by atoms with Gasteiger partial charge in [-0.3, -0.25) is 0 Å². The first-order valence-corrected chi connectivity index (χ1v) is 6.93. The van der Waals surface area contributed by atoms with Crippen LogP contribution in [0.25, 0.3) is 0 Å². The zero-order valence-electron chi connectivity index (χ0n) is 11.4. The predicted molar refractivity (Wildman–Crippen MR) is 70.3 cm³/mol. The minimum absolute atomic E-state index is 0.848. The van der Waals surface area contributed by atoms with Gasteiger partial charge in [0.2, 0.25) is 0 Å². The predicted octanol–water partition coefficient (Wildman–Crippen LogP) is 4.32. The van der Waals surface area contributed by atoms with Crippen LogP contribution in [-0.2, 0) is 0 Å². The number of nitrogens with zero attached hydrogens (tertiary/aromatic N) is 1. The van der Waals surface area contributed by atoms with Crippen LogP contribution in [0.4, 0.5) is 0 Å². The van der Waals surface area contributed by atoms with Crippen molar-refractivity contribution < 1.29 is 0 Å². The van der Waals surface area contributed by atoms with Gasteiger partial charge in [0, 0.05) is 0 Å². The van der Waals surface area contributed by atoms with E-state index < -0.39 is 0 Å². The summed E-state index contributed by atoms with van der Waals surface area (Å²) in [6.45, 7) is 13.2. The van der Waals surface area contributed by atoms with Gasteiger partial charge in [-0.15, -0.1) is 0 Å². The monoisotopic (exact) mass is 213 g/mol. The van der Waals surface area contributed by atoms with Gasteiger partial charge in [0.15, 0.2) is 0 Å². The maximum absolute atomic E-state index is 2.67. The van der Waals surface area contributed by atoms with E-state index in [4.69, 9.17) is 0 Å². The van der Waals surface area contributed by atoms with E-state index >= 15 is 0 Å². The molecule has 0 bridgehead atoms. The topological polar surface area (TPSA) is 3.24 Å². The maximum Gasteiger partial charge on any atom is -0.00163 e. The highest BCUT2D eigenvalue weighted by atomic mass is 15.1. The molecule has 0 aromatic rings. The summed E-state index contributed by atoms with van der Waals surface area (Å²) in [4.78, 5) is 2.67. The number of hydrogen-bond acceptors (Lipinski definition) is 1. The molecule has 0 saturated heterocycles. The second-order valence-corrected chi connectivity index (χ2v) is 5.08. The zero-order valence-corrected chi connectivity index (χ0v) is 11.4. The van der Waals surface area contributed by atoms with Crippen molar-refractivity contribution in [3.8, 4) is 0 Å². The Hall–Kier alpha value is -0.0400. The molecule has 0 aliphatic carbocycles. The van der Waals surface area contributed by atoms with Crippen LogP contribution >= 0.6 is 0 Å². The van der Waals surface area contributed by atoms with E-state index in [-0.39, 0.29) is 0 Å². The van der Waals surface area contributed by atoms with E-state index in [1.165, 1.54) is 58.2 Å². The molecule has 0 saturated carbocycles. The van der Waals surface area contributed by atoms with Crippen LogP contribution in [0.5, 0.6) is 0 Å². The van der Waals surface area contributed by atoms with Gasteiger partial charge in [-0.05, 0) is 44.8 Å². The Kier molecular flexibility index (Phi) is 10.4. The van der Waals surface area contributed by atoms with Gasteiger partial charge in [0.05, 0.1) is 0 Å². The summed E-state index contributed by atoms with van der Waals surface area (Å²) in [5.41, 5.74) is 0. The maximum atomic E-state index is 2.67. The molecule has 0 N–H and O–H groups in total. The summed E-state index contributed by atoms with van der Waals surface area (Å²) < 4.78 is 0. The van der Waals surface area contributed by atoms with Gasteiger partial charge in [-0.2, -0.15) is 0 Å². The third-order valence-corrected chi connectivity index (χ3v) is 2.93. The lowest BCUT2D eigenvalue weighted by molar-refractivity contribution is 0.249. The zero-order chi connectivity index (χ0) is 11.5. The molecule has 0 aromatic carbocycles.